The van der Waals surface area contributed by atoms with Crippen LogP contribution < -0.4 is 0 Å². The molecule has 1 amide bonds. The van der Waals surface area contributed by atoms with Crippen LogP contribution in [0.5, 0.6) is 0 Å². The maximum Gasteiger partial charge on any atom is 0.578 e. The third-order valence-corrected chi connectivity index (χ3v) is 5.96. The summed E-state index contributed by atoms with van der Waals surface area (Å²) in [6, 6.07) is 2.74. The molecule has 1 unspecified atom stereocenters. The van der Waals surface area contributed by atoms with Crippen LogP contribution in [0.1, 0.15) is 39.3 Å². The van der Waals surface area contributed by atoms with Gasteiger partial charge in [-0.15, -0.1) is 13.2 Å². The second kappa shape index (κ2) is 6.84. The Labute approximate surface area is 159 Å². The molecule has 9 heteroatoms. The molecule has 0 radical (unpaired) electrons. The lowest BCUT2D eigenvalue weighted by Crippen LogP contribution is -2.64. The summed E-state index contributed by atoms with van der Waals surface area (Å²) in [6.45, 7) is 6.89. The van der Waals surface area contributed by atoms with E-state index in [0.717, 1.165) is 19.0 Å². The lowest BCUT2D eigenvalue weighted by Gasteiger charge is -2.58. The molecule has 1 spiro atoms. The average Bonchev–Trinajstić information content (AvgIpc) is 2.45. The van der Waals surface area contributed by atoms with Crippen molar-refractivity contribution in [1.82, 2.24) is 9.88 Å². The SMILES string of the molecule is CC(C)(C)OC(=O)N1CC2(CC(Cc3ccc([S+]([O-])C(F)(F)F)cn3)C2)C1. The van der Waals surface area contributed by atoms with Crippen LogP contribution in [0, 0.1) is 11.3 Å². The van der Waals surface area contributed by atoms with Gasteiger partial charge < -0.3 is 14.2 Å². The predicted octanol–water partition coefficient (Wildman–Crippen LogP) is 3.90. The number of rotatable bonds is 3. The van der Waals surface area contributed by atoms with E-state index in [0.29, 0.717) is 31.1 Å². The van der Waals surface area contributed by atoms with Crippen LogP contribution >= 0.6 is 0 Å². The summed E-state index contributed by atoms with van der Waals surface area (Å²) in [6.07, 6.45) is 3.36. The maximum atomic E-state index is 12.5. The quantitative estimate of drug-likeness (QED) is 0.717. The molecule has 0 aromatic carbocycles. The number of pyridine rings is 1. The fourth-order valence-corrected chi connectivity index (χ4v) is 4.46. The molecule has 3 rings (SSSR count). The predicted molar refractivity (Wildman–Crippen MR) is 93.4 cm³/mol. The standard InChI is InChI=1S/C18H23F3N2O3S/c1-16(2,3)26-15(24)23-10-17(11-23)7-12(8-17)6-13-4-5-14(9-22-13)27(25)18(19,20)21/h4-5,9,12H,6-8,10-11H2,1-3H3. The van der Waals surface area contributed by atoms with Crippen LogP contribution in [0.25, 0.3) is 0 Å². The largest absolute Gasteiger partial charge is 0.604 e. The number of nitrogens with zero attached hydrogens (tertiary/aromatic N) is 2. The van der Waals surface area contributed by atoms with E-state index in [9.17, 15) is 22.5 Å². The molecule has 1 aliphatic heterocycles. The Kier molecular flexibility index (Phi) is 5.14. The highest BCUT2D eigenvalue weighted by Gasteiger charge is 2.54. The second-order valence-corrected chi connectivity index (χ2v) is 9.99. The van der Waals surface area contributed by atoms with E-state index >= 15 is 0 Å². The van der Waals surface area contributed by atoms with Crippen molar-refractivity contribution in [2.45, 2.75) is 56.0 Å². The van der Waals surface area contributed by atoms with E-state index in [1.165, 1.54) is 12.1 Å². The number of aromatic nitrogens is 1. The zero-order chi connectivity index (χ0) is 20.0. The van der Waals surface area contributed by atoms with Gasteiger partial charge in [-0.2, -0.15) is 0 Å². The van der Waals surface area contributed by atoms with E-state index in [2.05, 4.69) is 4.98 Å². The Hall–Kier alpha value is -1.48. The van der Waals surface area contributed by atoms with Crippen molar-refractivity contribution in [1.29, 1.82) is 0 Å². The van der Waals surface area contributed by atoms with Crippen LogP contribution in [0.4, 0.5) is 18.0 Å². The fourth-order valence-electron chi connectivity index (χ4n) is 3.86. The molecule has 2 fully saturated rings. The molecule has 2 heterocycles. The van der Waals surface area contributed by atoms with E-state index in [-0.39, 0.29) is 16.4 Å². The highest BCUT2D eigenvalue weighted by atomic mass is 32.2. The minimum Gasteiger partial charge on any atom is -0.604 e. The molecule has 1 aromatic rings. The third kappa shape index (κ3) is 4.68. The smallest absolute Gasteiger partial charge is 0.578 e. The summed E-state index contributed by atoms with van der Waals surface area (Å²) in [5.41, 5.74) is -4.43. The molecule has 2 aliphatic rings. The van der Waals surface area contributed by atoms with Gasteiger partial charge in [0.25, 0.3) is 0 Å². The number of amides is 1. The van der Waals surface area contributed by atoms with Crippen LogP contribution in [0.3, 0.4) is 0 Å². The van der Waals surface area contributed by atoms with Gasteiger partial charge in [0, 0.05) is 24.2 Å². The topological polar surface area (TPSA) is 65.5 Å². The van der Waals surface area contributed by atoms with Crippen molar-refractivity contribution in [3.8, 4) is 0 Å². The van der Waals surface area contributed by atoms with Crippen molar-refractivity contribution >= 4 is 17.3 Å². The molecule has 0 N–H and O–H groups in total. The lowest BCUT2D eigenvalue weighted by atomic mass is 9.57. The van der Waals surface area contributed by atoms with Crippen molar-refractivity contribution in [2.75, 3.05) is 13.1 Å². The molecule has 27 heavy (non-hydrogen) atoms. The molecule has 1 atom stereocenters. The number of hydrogen-bond acceptors (Lipinski definition) is 4. The number of hydrogen-bond donors (Lipinski definition) is 0. The first-order valence-electron chi connectivity index (χ1n) is 8.78. The summed E-state index contributed by atoms with van der Waals surface area (Å²) in [4.78, 5) is 17.4. The van der Waals surface area contributed by atoms with Crippen LogP contribution in [0.2, 0.25) is 0 Å². The zero-order valence-corrected chi connectivity index (χ0v) is 16.3. The first-order valence-corrected chi connectivity index (χ1v) is 9.93. The monoisotopic (exact) mass is 404 g/mol. The molecule has 0 bridgehead atoms. The lowest BCUT2D eigenvalue weighted by molar-refractivity contribution is -0.0949. The fraction of sp³-hybridized carbons (Fsp3) is 0.667. The van der Waals surface area contributed by atoms with Gasteiger partial charge in [-0.3, -0.25) is 4.98 Å². The van der Waals surface area contributed by atoms with Crippen LogP contribution in [0.15, 0.2) is 23.2 Å². The van der Waals surface area contributed by atoms with Crippen LogP contribution in [-0.4, -0.2) is 44.7 Å². The van der Waals surface area contributed by atoms with Crippen molar-refractivity contribution in [3.05, 3.63) is 24.0 Å². The molecular weight excluding hydrogens is 381 g/mol. The molecule has 5 nitrogen and oxygen atoms in total. The van der Waals surface area contributed by atoms with Crippen molar-refractivity contribution in [3.63, 3.8) is 0 Å². The summed E-state index contributed by atoms with van der Waals surface area (Å²) in [7, 11) is 0. The van der Waals surface area contributed by atoms with Gasteiger partial charge in [0.05, 0.1) is 6.20 Å². The van der Waals surface area contributed by atoms with E-state index in [4.69, 9.17) is 4.74 Å². The van der Waals surface area contributed by atoms with Gasteiger partial charge in [0.2, 0.25) is 0 Å². The Morgan fingerprint density at radius 3 is 2.44 bits per heavy atom. The van der Waals surface area contributed by atoms with Gasteiger partial charge in [0.15, 0.2) is 4.90 Å². The number of ether oxygens (including phenoxy) is 1. The maximum absolute atomic E-state index is 12.5. The molecule has 1 aliphatic carbocycles. The van der Waals surface area contributed by atoms with E-state index in [1.807, 2.05) is 20.8 Å². The van der Waals surface area contributed by atoms with E-state index < -0.39 is 22.3 Å². The highest BCUT2D eigenvalue weighted by Crippen LogP contribution is 2.53. The van der Waals surface area contributed by atoms with Gasteiger partial charge in [-0.05, 0) is 58.1 Å². The Morgan fingerprint density at radius 2 is 1.96 bits per heavy atom. The third-order valence-electron chi connectivity index (χ3n) is 4.87. The van der Waals surface area contributed by atoms with Gasteiger partial charge in [-0.1, -0.05) is 0 Å². The number of carbonyl (C=O) groups excluding carboxylic acids is 1. The normalized spacial score (nSPS) is 20.8. The first kappa shape index (κ1) is 20.3. The van der Waals surface area contributed by atoms with Gasteiger partial charge in [-0.25, -0.2) is 4.79 Å². The zero-order valence-electron chi connectivity index (χ0n) is 15.5. The summed E-state index contributed by atoms with van der Waals surface area (Å²) < 4.78 is 54.0. The number of halogens is 3. The first-order chi connectivity index (χ1) is 12.4. The molecular formula is C18H23F3N2O3S. The average molecular weight is 404 g/mol. The second-order valence-electron chi connectivity index (χ2n) is 8.51. The number of carbonyl (C=O) groups is 1. The van der Waals surface area contributed by atoms with Crippen molar-refractivity contribution < 1.29 is 27.3 Å². The van der Waals surface area contributed by atoms with Crippen molar-refractivity contribution in [2.24, 2.45) is 11.3 Å². The molecule has 150 valence electrons. The summed E-state index contributed by atoms with van der Waals surface area (Å²) in [5, 5.41) is 0. The van der Waals surface area contributed by atoms with E-state index in [1.54, 1.807) is 4.90 Å². The Bertz CT molecular complexity index is 689. The number of alkyl halides is 3. The summed E-state index contributed by atoms with van der Waals surface area (Å²) in [5.74, 6) is 0.400. The Balaban J connectivity index is 1.45. The minimum atomic E-state index is -4.77. The molecule has 1 aromatic heterocycles. The minimum absolute atomic E-state index is 0.152. The molecule has 1 saturated heterocycles. The number of likely N-dealkylation sites (tertiary alicyclic amines) is 1. The van der Waals surface area contributed by atoms with Crippen LogP contribution in [-0.2, 0) is 22.3 Å². The summed E-state index contributed by atoms with van der Waals surface area (Å²) >= 11 is -3.04. The van der Waals surface area contributed by atoms with Gasteiger partial charge >= 0.3 is 11.6 Å². The van der Waals surface area contributed by atoms with Gasteiger partial charge in [0.1, 0.15) is 16.8 Å². The Morgan fingerprint density at radius 1 is 1.33 bits per heavy atom. The molecule has 1 saturated carbocycles. The highest BCUT2D eigenvalue weighted by molar-refractivity contribution is 7.92.